The summed E-state index contributed by atoms with van der Waals surface area (Å²) in [6.45, 7) is 6.36. The van der Waals surface area contributed by atoms with Gasteiger partial charge in [-0.1, -0.05) is 6.07 Å². The maximum atomic E-state index is 11.8. The lowest BCUT2D eigenvalue weighted by molar-refractivity contribution is -0.121. The summed E-state index contributed by atoms with van der Waals surface area (Å²) in [5.74, 6) is 0.131. The third-order valence-corrected chi connectivity index (χ3v) is 4.11. The van der Waals surface area contributed by atoms with Gasteiger partial charge >= 0.3 is 0 Å². The molecule has 19 heavy (non-hydrogen) atoms. The van der Waals surface area contributed by atoms with E-state index < -0.39 is 0 Å². The van der Waals surface area contributed by atoms with Crippen molar-refractivity contribution < 1.29 is 9.53 Å². The Morgan fingerprint density at radius 1 is 1.63 bits per heavy atom. The second kappa shape index (κ2) is 7.62. The van der Waals surface area contributed by atoms with Crippen molar-refractivity contribution in [2.24, 2.45) is 0 Å². The SMILES string of the molecule is C[C@H]1CN(CCC(=O)NCc2cccs2)CCCO1. The Kier molecular flexibility index (Phi) is 5.82. The topological polar surface area (TPSA) is 41.6 Å². The molecule has 0 aliphatic carbocycles. The maximum absolute atomic E-state index is 11.8. The fourth-order valence-corrected chi connectivity index (χ4v) is 2.87. The number of thiophene rings is 1. The van der Waals surface area contributed by atoms with Gasteiger partial charge in [0, 0.05) is 37.5 Å². The summed E-state index contributed by atoms with van der Waals surface area (Å²) in [5.41, 5.74) is 0. The fourth-order valence-electron chi connectivity index (χ4n) is 2.23. The largest absolute Gasteiger partial charge is 0.377 e. The minimum Gasteiger partial charge on any atom is -0.377 e. The summed E-state index contributed by atoms with van der Waals surface area (Å²) in [6, 6.07) is 4.05. The number of hydrogen-bond acceptors (Lipinski definition) is 4. The zero-order valence-electron chi connectivity index (χ0n) is 11.4. The Morgan fingerprint density at radius 2 is 2.53 bits per heavy atom. The van der Waals surface area contributed by atoms with Gasteiger partial charge in [-0.3, -0.25) is 4.79 Å². The summed E-state index contributed by atoms with van der Waals surface area (Å²) in [5, 5.41) is 4.99. The predicted molar refractivity (Wildman–Crippen MR) is 77.3 cm³/mol. The zero-order valence-corrected chi connectivity index (χ0v) is 12.2. The molecular weight excluding hydrogens is 260 g/mol. The Labute approximate surface area is 118 Å². The maximum Gasteiger partial charge on any atom is 0.221 e. The molecule has 1 fully saturated rings. The van der Waals surface area contributed by atoms with E-state index in [-0.39, 0.29) is 12.0 Å². The van der Waals surface area contributed by atoms with E-state index in [1.165, 1.54) is 4.88 Å². The van der Waals surface area contributed by atoms with Gasteiger partial charge in [0.05, 0.1) is 12.6 Å². The van der Waals surface area contributed by atoms with Crippen molar-refractivity contribution in [2.45, 2.75) is 32.4 Å². The van der Waals surface area contributed by atoms with Crippen molar-refractivity contribution in [3.05, 3.63) is 22.4 Å². The van der Waals surface area contributed by atoms with Crippen LogP contribution in [0.25, 0.3) is 0 Å². The van der Waals surface area contributed by atoms with Gasteiger partial charge in [0.2, 0.25) is 5.91 Å². The molecule has 1 saturated heterocycles. The van der Waals surface area contributed by atoms with E-state index in [0.29, 0.717) is 13.0 Å². The summed E-state index contributed by atoms with van der Waals surface area (Å²) >= 11 is 1.67. The Morgan fingerprint density at radius 3 is 3.32 bits per heavy atom. The van der Waals surface area contributed by atoms with Crippen molar-refractivity contribution in [2.75, 3.05) is 26.2 Å². The molecule has 0 unspecified atom stereocenters. The number of rotatable bonds is 5. The number of hydrogen-bond donors (Lipinski definition) is 1. The van der Waals surface area contributed by atoms with Crippen LogP contribution in [-0.4, -0.2) is 43.2 Å². The molecule has 4 nitrogen and oxygen atoms in total. The van der Waals surface area contributed by atoms with Crippen LogP contribution in [0.5, 0.6) is 0 Å². The highest BCUT2D eigenvalue weighted by atomic mass is 32.1. The molecule has 106 valence electrons. The van der Waals surface area contributed by atoms with E-state index in [4.69, 9.17) is 4.74 Å². The van der Waals surface area contributed by atoms with Crippen molar-refractivity contribution >= 4 is 17.2 Å². The molecule has 0 bridgehead atoms. The van der Waals surface area contributed by atoms with E-state index in [1.807, 2.05) is 17.5 Å². The predicted octanol–water partition coefficient (Wildman–Crippen LogP) is 1.87. The van der Waals surface area contributed by atoms with E-state index in [0.717, 1.165) is 32.7 Å². The first-order valence-corrected chi connectivity index (χ1v) is 7.75. The summed E-state index contributed by atoms with van der Waals surface area (Å²) in [7, 11) is 0. The third kappa shape index (κ3) is 5.30. The molecule has 2 rings (SSSR count). The second-order valence-corrected chi connectivity index (χ2v) is 5.97. The van der Waals surface area contributed by atoms with Crippen molar-refractivity contribution in [1.82, 2.24) is 10.2 Å². The van der Waals surface area contributed by atoms with Crippen LogP contribution in [0, 0.1) is 0 Å². The number of ether oxygens (including phenoxy) is 1. The highest BCUT2D eigenvalue weighted by Gasteiger charge is 2.15. The molecule has 5 heteroatoms. The molecule has 0 spiro atoms. The standard InChI is InChI=1S/C14H22N2O2S/c1-12-11-16(6-3-8-18-12)7-5-14(17)15-10-13-4-2-9-19-13/h2,4,9,12H,3,5-8,10-11H2,1H3,(H,15,17)/t12-/m0/s1. The number of amides is 1. The molecule has 0 aromatic carbocycles. The quantitative estimate of drug-likeness (QED) is 0.896. The van der Waals surface area contributed by atoms with Crippen LogP contribution in [0.4, 0.5) is 0 Å². The average molecular weight is 282 g/mol. The van der Waals surface area contributed by atoms with Crippen LogP contribution in [0.1, 0.15) is 24.6 Å². The summed E-state index contributed by atoms with van der Waals surface area (Å²) in [6.07, 6.45) is 1.90. The molecule has 1 aromatic heterocycles. The number of carbonyl (C=O) groups excluding carboxylic acids is 1. The van der Waals surface area contributed by atoms with Crippen molar-refractivity contribution in [3.8, 4) is 0 Å². The van der Waals surface area contributed by atoms with Crippen LogP contribution in [0.15, 0.2) is 17.5 Å². The van der Waals surface area contributed by atoms with Crippen LogP contribution in [-0.2, 0) is 16.1 Å². The molecule has 0 radical (unpaired) electrons. The first kappa shape index (κ1) is 14.5. The van der Waals surface area contributed by atoms with Crippen molar-refractivity contribution in [1.29, 1.82) is 0 Å². The fraction of sp³-hybridized carbons (Fsp3) is 0.643. The van der Waals surface area contributed by atoms with Gasteiger partial charge in [-0.15, -0.1) is 11.3 Å². The van der Waals surface area contributed by atoms with E-state index >= 15 is 0 Å². The molecule has 1 aliphatic rings. The smallest absolute Gasteiger partial charge is 0.221 e. The van der Waals surface area contributed by atoms with Gasteiger partial charge in [0.25, 0.3) is 0 Å². The highest BCUT2D eigenvalue weighted by molar-refractivity contribution is 7.09. The van der Waals surface area contributed by atoms with E-state index in [1.54, 1.807) is 11.3 Å². The van der Waals surface area contributed by atoms with Gasteiger partial charge < -0.3 is 15.0 Å². The Balaban J connectivity index is 1.65. The number of nitrogens with zero attached hydrogens (tertiary/aromatic N) is 1. The van der Waals surface area contributed by atoms with E-state index in [2.05, 4.69) is 17.1 Å². The number of nitrogens with one attached hydrogen (secondary N) is 1. The lowest BCUT2D eigenvalue weighted by atomic mass is 10.3. The van der Waals surface area contributed by atoms with Crippen LogP contribution >= 0.6 is 11.3 Å². The first-order chi connectivity index (χ1) is 9.24. The van der Waals surface area contributed by atoms with Gasteiger partial charge in [-0.05, 0) is 24.8 Å². The minimum absolute atomic E-state index is 0.131. The summed E-state index contributed by atoms with van der Waals surface area (Å²) in [4.78, 5) is 15.3. The normalized spacial score (nSPS) is 21.0. The molecule has 1 aromatic rings. The molecule has 2 heterocycles. The number of carbonyl (C=O) groups is 1. The van der Waals surface area contributed by atoms with Crippen molar-refractivity contribution in [3.63, 3.8) is 0 Å². The summed E-state index contributed by atoms with van der Waals surface area (Å²) < 4.78 is 5.60. The monoisotopic (exact) mass is 282 g/mol. The highest BCUT2D eigenvalue weighted by Crippen LogP contribution is 2.08. The van der Waals surface area contributed by atoms with Crippen LogP contribution in [0.2, 0.25) is 0 Å². The average Bonchev–Trinajstić information content (AvgIpc) is 2.83. The third-order valence-electron chi connectivity index (χ3n) is 3.23. The zero-order chi connectivity index (χ0) is 13.5. The molecular formula is C14H22N2O2S. The van der Waals surface area contributed by atoms with Gasteiger partial charge in [0.1, 0.15) is 0 Å². The second-order valence-electron chi connectivity index (χ2n) is 4.94. The molecule has 0 saturated carbocycles. The molecule has 1 amide bonds. The first-order valence-electron chi connectivity index (χ1n) is 6.87. The van der Waals surface area contributed by atoms with Gasteiger partial charge in [-0.2, -0.15) is 0 Å². The lowest BCUT2D eigenvalue weighted by Crippen LogP contribution is -2.34. The van der Waals surface area contributed by atoms with Gasteiger partial charge in [-0.25, -0.2) is 0 Å². The lowest BCUT2D eigenvalue weighted by Gasteiger charge is -2.21. The minimum atomic E-state index is 0.131. The molecule has 1 N–H and O–H groups in total. The van der Waals surface area contributed by atoms with Crippen LogP contribution in [0.3, 0.4) is 0 Å². The van der Waals surface area contributed by atoms with Crippen LogP contribution < -0.4 is 5.32 Å². The molecule has 1 aliphatic heterocycles. The van der Waals surface area contributed by atoms with E-state index in [9.17, 15) is 4.79 Å². The Hall–Kier alpha value is -0.910. The van der Waals surface area contributed by atoms with Gasteiger partial charge in [0.15, 0.2) is 0 Å². The Bertz CT molecular complexity index is 381. The molecule has 1 atom stereocenters.